The van der Waals surface area contributed by atoms with Gasteiger partial charge in [0, 0.05) is 0 Å². The summed E-state index contributed by atoms with van der Waals surface area (Å²) in [6.07, 6.45) is 0. The average Bonchev–Trinajstić information content (AvgIpc) is 2.48. The molecule has 1 aromatic rings. The van der Waals surface area contributed by atoms with Crippen molar-refractivity contribution >= 4 is 5.97 Å². The third-order valence-corrected chi connectivity index (χ3v) is 2.22. The number of aliphatic hydroxyl groups is 2. The maximum absolute atomic E-state index is 11.9. The topological polar surface area (TPSA) is 85.2 Å². The van der Waals surface area contributed by atoms with Crippen LogP contribution in [0.25, 0.3) is 0 Å². The number of aliphatic hydroxyl groups excluding tert-OH is 2. The lowest BCUT2D eigenvalue weighted by Gasteiger charge is -2.13. The van der Waals surface area contributed by atoms with Crippen LogP contribution in [0.4, 0.5) is 0 Å². The molecule has 0 radical (unpaired) electrons. The van der Waals surface area contributed by atoms with Crippen LogP contribution in [0.1, 0.15) is 6.92 Å². The lowest BCUT2D eigenvalue weighted by molar-refractivity contribution is -0.131. The minimum Gasteiger partial charge on any atom is -0.463 e. The summed E-state index contributed by atoms with van der Waals surface area (Å²) in [4.78, 5) is 11.9. The molecule has 0 saturated carbocycles. The minimum absolute atomic E-state index is 0.0171. The third kappa shape index (κ3) is 5.29. The molecule has 0 aliphatic carbocycles. The molecule has 0 spiro atoms. The Morgan fingerprint density at radius 2 is 1.60 bits per heavy atom. The van der Waals surface area contributed by atoms with Gasteiger partial charge in [-0.25, -0.2) is 4.79 Å². The van der Waals surface area contributed by atoms with Crippen LogP contribution in [-0.2, 0) is 14.3 Å². The lowest BCUT2D eigenvalue weighted by atomic mass is 10.3. The Morgan fingerprint density at radius 3 is 2.10 bits per heavy atom. The quantitative estimate of drug-likeness (QED) is 0.318. The molecule has 0 bridgehead atoms. The normalized spacial score (nSPS) is 9.75. The Kier molecular flexibility index (Phi) is 7.16. The van der Waals surface area contributed by atoms with Crippen LogP contribution in [0.15, 0.2) is 41.9 Å². The first kappa shape index (κ1) is 16.0. The Hall–Kier alpha value is -2.05. The first-order valence-corrected chi connectivity index (χ1v) is 6.14. The summed E-state index contributed by atoms with van der Waals surface area (Å²) in [7, 11) is 0. The summed E-state index contributed by atoms with van der Waals surface area (Å²) in [6.45, 7) is 1.02. The van der Waals surface area contributed by atoms with Gasteiger partial charge in [0.1, 0.15) is 24.5 Å². The highest BCUT2D eigenvalue weighted by Crippen LogP contribution is 2.14. The van der Waals surface area contributed by atoms with Crippen molar-refractivity contribution < 1.29 is 29.2 Å². The Bertz CT molecular complexity index is 430. The fourth-order valence-electron chi connectivity index (χ4n) is 1.29. The number of carbonyl (C=O) groups is 1. The lowest BCUT2D eigenvalue weighted by Crippen LogP contribution is -2.16. The van der Waals surface area contributed by atoms with Crippen LogP contribution in [-0.4, -0.2) is 42.6 Å². The molecule has 0 fully saturated rings. The molecule has 1 aromatic carbocycles. The first-order valence-electron chi connectivity index (χ1n) is 6.14. The van der Waals surface area contributed by atoms with Gasteiger partial charge >= 0.3 is 5.97 Å². The highest BCUT2D eigenvalue weighted by molar-refractivity contribution is 5.89. The molecule has 6 heteroatoms. The Morgan fingerprint density at radius 1 is 1.05 bits per heavy atom. The number of benzene rings is 1. The molecule has 0 atom stereocenters. The fourth-order valence-corrected chi connectivity index (χ4v) is 1.29. The number of para-hydroxylation sites is 1. The third-order valence-electron chi connectivity index (χ3n) is 2.22. The van der Waals surface area contributed by atoms with Crippen molar-refractivity contribution in [1.29, 1.82) is 0 Å². The number of esters is 1. The van der Waals surface area contributed by atoms with Crippen molar-refractivity contribution in [1.82, 2.24) is 0 Å². The molecule has 0 aromatic heterocycles. The van der Waals surface area contributed by atoms with E-state index in [0.29, 0.717) is 5.75 Å². The Balaban J connectivity index is 2.75. The Labute approximate surface area is 117 Å². The van der Waals surface area contributed by atoms with Gasteiger partial charge < -0.3 is 24.4 Å². The van der Waals surface area contributed by atoms with Crippen molar-refractivity contribution in [2.75, 3.05) is 26.4 Å². The SMILES string of the molecule is CC(C(=O)Oc1ccccc1)=C(OCCO)OCCO. The zero-order chi connectivity index (χ0) is 14.8. The van der Waals surface area contributed by atoms with E-state index in [0.717, 1.165) is 0 Å². The van der Waals surface area contributed by atoms with Gasteiger partial charge in [-0.15, -0.1) is 0 Å². The van der Waals surface area contributed by atoms with E-state index in [2.05, 4.69) is 0 Å². The summed E-state index contributed by atoms with van der Waals surface area (Å²) >= 11 is 0. The van der Waals surface area contributed by atoms with Crippen LogP contribution < -0.4 is 4.74 Å². The summed E-state index contributed by atoms with van der Waals surface area (Å²) < 4.78 is 15.4. The van der Waals surface area contributed by atoms with Crippen LogP contribution in [0, 0.1) is 0 Å². The molecule has 2 N–H and O–H groups in total. The maximum Gasteiger partial charge on any atom is 0.346 e. The molecule has 0 saturated heterocycles. The largest absolute Gasteiger partial charge is 0.463 e. The van der Waals surface area contributed by atoms with Crippen molar-refractivity contribution in [2.24, 2.45) is 0 Å². The van der Waals surface area contributed by atoms with Crippen LogP contribution in [0.2, 0.25) is 0 Å². The predicted molar refractivity (Wildman–Crippen MR) is 70.9 cm³/mol. The smallest absolute Gasteiger partial charge is 0.346 e. The van der Waals surface area contributed by atoms with Crippen LogP contribution >= 0.6 is 0 Å². The standard InChI is InChI=1S/C14H18O6/c1-11(14(18-9-7-15)19-10-8-16)13(17)20-12-5-3-2-4-6-12/h2-6,15-16H,7-10H2,1H3. The summed E-state index contributed by atoms with van der Waals surface area (Å²) in [5.41, 5.74) is 0.121. The van der Waals surface area contributed by atoms with Gasteiger partial charge in [-0.3, -0.25) is 0 Å². The highest BCUT2D eigenvalue weighted by atomic mass is 16.7. The fraction of sp³-hybridized carbons (Fsp3) is 0.357. The van der Waals surface area contributed by atoms with Gasteiger partial charge in [-0.1, -0.05) is 18.2 Å². The molecule has 1 rings (SSSR count). The zero-order valence-corrected chi connectivity index (χ0v) is 11.2. The number of hydrogen-bond acceptors (Lipinski definition) is 6. The van der Waals surface area contributed by atoms with Gasteiger partial charge in [-0.05, 0) is 19.1 Å². The number of hydrogen-bond donors (Lipinski definition) is 2. The number of ether oxygens (including phenoxy) is 3. The van der Waals surface area contributed by atoms with Gasteiger partial charge in [0.05, 0.1) is 13.2 Å². The van der Waals surface area contributed by atoms with Crippen molar-refractivity contribution in [3.05, 3.63) is 41.9 Å². The van der Waals surface area contributed by atoms with Gasteiger partial charge in [0.25, 0.3) is 5.95 Å². The molecular weight excluding hydrogens is 264 g/mol. The second kappa shape index (κ2) is 8.95. The summed E-state index contributed by atoms with van der Waals surface area (Å²) in [6, 6.07) is 8.59. The first-order chi connectivity index (χ1) is 9.69. The van der Waals surface area contributed by atoms with E-state index in [1.807, 2.05) is 0 Å². The number of carbonyl (C=O) groups excluding carboxylic acids is 1. The molecule has 6 nitrogen and oxygen atoms in total. The van der Waals surface area contributed by atoms with E-state index in [1.165, 1.54) is 6.92 Å². The predicted octanol–water partition coefficient (Wildman–Crippen LogP) is 0.841. The molecular formula is C14H18O6. The van der Waals surface area contributed by atoms with E-state index in [1.54, 1.807) is 30.3 Å². The van der Waals surface area contributed by atoms with E-state index < -0.39 is 5.97 Å². The van der Waals surface area contributed by atoms with Gasteiger partial charge in [0.15, 0.2) is 0 Å². The van der Waals surface area contributed by atoms with E-state index in [4.69, 9.17) is 24.4 Å². The second-order valence-electron chi connectivity index (χ2n) is 3.76. The molecule has 0 aliphatic heterocycles. The highest BCUT2D eigenvalue weighted by Gasteiger charge is 2.16. The monoisotopic (exact) mass is 282 g/mol. The van der Waals surface area contributed by atoms with Crippen LogP contribution in [0.3, 0.4) is 0 Å². The van der Waals surface area contributed by atoms with Crippen molar-refractivity contribution in [2.45, 2.75) is 6.92 Å². The summed E-state index contributed by atoms with van der Waals surface area (Å²) in [5, 5.41) is 17.5. The molecule has 0 unspecified atom stereocenters. The minimum atomic E-state index is -0.623. The maximum atomic E-state index is 11.9. The van der Waals surface area contributed by atoms with Gasteiger partial charge in [-0.2, -0.15) is 0 Å². The van der Waals surface area contributed by atoms with E-state index in [-0.39, 0.29) is 37.9 Å². The van der Waals surface area contributed by atoms with E-state index in [9.17, 15) is 4.79 Å². The van der Waals surface area contributed by atoms with E-state index >= 15 is 0 Å². The van der Waals surface area contributed by atoms with Crippen molar-refractivity contribution in [3.8, 4) is 5.75 Å². The zero-order valence-electron chi connectivity index (χ0n) is 11.2. The second-order valence-corrected chi connectivity index (χ2v) is 3.76. The van der Waals surface area contributed by atoms with Gasteiger partial charge in [0.2, 0.25) is 0 Å². The average molecular weight is 282 g/mol. The number of rotatable bonds is 8. The molecule has 20 heavy (non-hydrogen) atoms. The molecule has 110 valence electrons. The van der Waals surface area contributed by atoms with Crippen LogP contribution in [0.5, 0.6) is 5.75 Å². The molecule has 0 aliphatic rings. The molecule has 0 heterocycles. The summed E-state index contributed by atoms with van der Waals surface area (Å²) in [5.74, 6) is -0.281. The molecule has 0 amide bonds. The van der Waals surface area contributed by atoms with Crippen molar-refractivity contribution in [3.63, 3.8) is 0 Å².